The largest absolute Gasteiger partial charge is 0.314 e. The van der Waals surface area contributed by atoms with E-state index in [0.717, 1.165) is 25.4 Å². The molecule has 1 aliphatic carbocycles. The summed E-state index contributed by atoms with van der Waals surface area (Å²) >= 11 is 0. The van der Waals surface area contributed by atoms with E-state index in [1.54, 1.807) is 0 Å². The molecule has 1 unspecified atom stereocenters. The Hall–Kier alpha value is -0.830. The molecule has 1 aromatic rings. The van der Waals surface area contributed by atoms with Gasteiger partial charge < -0.3 is 5.32 Å². The van der Waals surface area contributed by atoms with Crippen molar-refractivity contribution >= 4 is 0 Å². The van der Waals surface area contributed by atoms with Crippen LogP contribution in [0, 0.1) is 5.92 Å². The van der Waals surface area contributed by atoms with Crippen LogP contribution in [0.5, 0.6) is 0 Å². The van der Waals surface area contributed by atoms with Crippen molar-refractivity contribution in [2.75, 3.05) is 6.54 Å². The lowest BCUT2D eigenvalue weighted by Gasteiger charge is -2.23. The first-order chi connectivity index (χ1) is 9.81. The summed E-state index contributed by atoms with van der Waals surface area (Å²) in [6.07, 6.45) is 15.4. The van der Waals surface area contributed by atoms with E-state index in [1.165, 1.54) is 50.5 Å². The van der Waals surface area contributed by atoms with Gasteiger partial charge in [-0.05, 0) is 37.8 Å². The molecule has 0 spiro atoms. The van der Waals surface area contributed by atoms with Crippen molar-refractivity contribution in [3.63, 3.8) is 0 Å². The lowest BCUT2D eigenvalue weighted by atomic mass is 9.90. The smallest absolute Gasteiger partial charge is 0.0522 e. The van der Waals surface area contributed by atoms with E-state index in [1.807, 2.05) is 10.9 Å². The lowest BCUT2D eigenvalue weighted by molar-refractivity contribution is 0.353. The first kappa shape index (κ1) is 15.6. The van der Waals surface area contributed by atoms with Crippen LogP contribution in [0.15, 0.2) is 12.4 Å². The fourth-order valence-electron chi connectivity index (χ4n) is 3.50. The topological polar surface area (TPSA) is 29.9 Å². The maximum Gasteiger partial charge on any atom is 0.0522 e. The zero-order valence-corrected chi connectivity index (χ0v) is 13.3. The summed E-state index contributed by atoms with van der Waals surface area (Å²) in [7, 11) is 0. The SMILES string of the molecule is CCNC(Cc1cnn(CC)c1)CC1CCCCCC1. The minimum absolute atomic E-state index is 0.623. The quantitative estimate of drug-likeness (QED) is 0.769. The Kier molecular flexibility index (Phi) is 6.58. The molecule has 2 rings (SSSR count). The van der Waals surface area contributed by atoms with Gasteiger partial charge in [0, 0.05) is 18.8 Å². The molecule has 20 heavy (non-hydrogen) atoms. The zero-order chi connectivity index (χ0) is 14.2. The van der Waals surface area contributed by atoms with Crippen molar-refractivity contribution in [3.8, 4) is 0 Å². The van der Waals surface area contributed by atoms with Crippen molar-refractivity contribution in [2.24, 2.45) is 5.92 Å². The molecule has 0 aromatic carbocycles. The van der Waals surface area contributed by atoms with Crippen molar-refractivity contribution < 1.29 is 0 Å². The van der Waals surface area contributed by atoms with Crippen LogP contribution in [0.25, 0.3) is 0 Å². The van der Waals surface area contributed by atoms with E-state index in [9.17, 15) is 0 Å². The minimum atomic E-state index is 0.623. The van der Waals surface area contributed by atoms with E-state index in [0.29, 0.717) is 6.04 Å². The highest BCUT2D eigenvalue weighted by atomic mass is 15.3. The summed E-state index contributed by atoms with van der Waals surface area (Å²) < 4.78 is 2.03. The first-order valence-electron chi connectivity index (χ1n) is 8.56. The second-order valence-corrected chi connectivity index (χ2v) is 6.26. The standard InChI is InChI=1S/C17H31N3/c1-3-18-17(11-15-9-7-5-6-8-10-15)12-16-13-19-20(4-2)14-16/h13-15,17-18H,3-12H2,1-2H3. The van der Waals surface area contributed by atoms with Crippen LogP contribution in [0.1, 0.15) is 64.4 Å². The van der Waals surface area contributed by atoms with Crippen LogP contribution in [0.3, 0.4) is 0 Å². The average molecular weight is 277 g/mol. The number of aryl methyl sites for hydroxylation is 1. The van der Waals surface area contributed by atoms with Gasteiger partial charge in [0.2, 0.25) is 0 Å². The van der Waals surface area contributed by atoms with Gasteiger partial charge in [-0.3, -0.25) is 4.68 Å². The van der Waals surface area contributed by atoms with Gasteiger partial charge in [-0.15, -0.1) is 0 Å². The number of hydrogen-bond acceptors (Lipinski definition) is 2. The maximum absolute atomic E-state index is 4.40. The number of likely N-dealkylation sites (N-methyl/N-ethyl adjacent to an activating group) is 1. The number of nitrogens with zero attached hydrogens (tertiary/aromatic N) is 2. The number of nitrogens with one attached hydrogen (secondary N) is 1. The number of rotatable bonds is 7. The van der Waals surface area contributed by atoms with Gasteiger partial charge in [0.1, 0.15) is 0 Å². The molecule has 114 valence electrons. The minimum Gasteiger partial charge on any atom is -0.314 e. The molecule has 0 radical (unpaired) electrons. The van der Waals surface area contributed by atoms with E-state index >= 15 is 0 Å². The molecule has 1 fully saturated rings. The zero-order valence-electron chi connectivity index (χ0n) is 13.3. The highest BCUT2D eigenvalue weighted by Crippen LogP contribution is 2.27. The molecule has 0 aliphatic heterocycles. The normalized spacial score (nSPS) is 18.9. The molecule has 3 nitrogen and oxygen atoms in total. The molecule has 1 atom stereocenters. The Morgan fingerprint density at radius 1 is 1.25 bits per heavy atom. The van der Waals surface area contributed by atoms with Gasteiger partial charge in [0.05, 0.1) is 6.20 Å². The van der Waals surface area contributed by atoms with Gasteiger partial charge in [-0.25, -0.2) is 0 Å². The second kappa shape index (κ2) is 8.46. The Morgan fingerprint density at radius 3 is 2.60 bits per heavy atom. The molecule has 1 N–H and O–H groups in total. The summed E-state index contributed by atoms with van der Waals surface area (Å²) in [6.45, 7) is 6.40. The van der Waals surface area contributed by atoms with E-state index in [-0.39, 0.29) is 0 Å². The molecule has 1 aliphatic rings. The van der Waals surface area contributed by atoms with Crippen molar-refractivity contribution in [1.82, 2.24) is 15.1 Å². The fraction of sp³-hybridized carbons (Fsp3) is 0.824. The van der Waals surface area contributed by atoms with E-state index in [2.05, 4.69) is 30.5 Å². The molecule has 1 saturated carbocycles. The van der Waals surface area contributed by atoms with Crippen molar-refractivity contribution in [1.29, 1.82) is 0 Å². The highest BCUT2D eigenvalue weighted by molar-refractivity contribution is 5.06. The van der Waals surface area contributed by atoms with Crippen LogP contribution in [0.2, 0.25) is 0 Å². The van der Waals surface area contributed by atoms with Crippen LogP contribution in [0.4, 0.5) is 0 Å². The Bertz CT molecular complexity index is 364. The Balaban J connectivity index is 1.88. The van der Waals surface area contributed by atoms with Gasteiger partial charge >= 0.3 is 0 Å². The van der Waals surface area contributed by atoms with Crippen LogP contribution in [-0.2, 0) is 13.0 Å². The highest BCUT2D eigenvalue weighted by Gasteiger charge is 2.18. The summed E-state index contributed by atoms with van der Waals surface area (Å²) in [6, 6.07) is 0.623. The van der Waals surface area contributed by atoms with Crippen LogP contribution >= 0.6 is 0 Å². The summed E-state index contributed by atoms with van der Waals surface area (Å²) in [5.74, 6) is 0.933. The van der Waals surface area contributed by atoms with Crippen LogP contribution < -0.4 is 5.32 Å². The Labute approximate surface area is 124 Å². The summed E-state index contributed by atoms with van der Waals surface area (Å²) in [5.41, 5.74) is 1.38. The van der Waals surface area contributed by atoms with Crippen molar-refractivity contribution in [2.45, 2.75) is 77.8 Å². The van der Waals surface area contributed by atoms with E-state index in [4.69, 9.17) is 0 Å². The third-order valence-corrected chi connectivity index (χ3v) is 4.58. The monoisotopic (exact) mass is 277 g/mol. The van der Waals surface area contributed by atoms with Crippen LogP contribution in [-0.4, -0.2) is 22.4 Å². The maximum atomic E-state index is 4.40. The third kappa shape index (κ3) is 4.93. The van der Waals surface area contributed by atoms with Gasteiger partial charge in [0.15, 0.2) is 0 Å². The molecule has 0 bridgehead atoms. The molecule has 1 heterocycles. The predicted octanol–water partition coefficient (Wildman–Crippen LogP) is 3.78. The first-order valence-corrected chi connectivity index (χ1v) is 8.56. The molecule has 1 aromatic heterocycles. The molecule has 3 heteroatoms. The van der Waals surface area contributed by atoms with Gasteiger partial charge in [0.25, 0.3) is 0 Å². The molecular weight excluding hydrogens is 246 g/mol. The third-order valence-electron chi connectivity index (χ3n) is 4.58. The molecule has 0 amide bonds. The van der Waals surface area contributed by atoms with Gasteiger partial charge in [-0.2, -0.15) is 5.10 Å². The summed E-state index contributed by atoms with van der Waals surface area (Å²) in [5, 5.41) is 8.09. The predicted molar refractivity (Wildman–Crippen MR) is 84.9 cm³/mol. The summed E-state index contributed by atoms with van der Waals surface area (Å²) in [4.78, 5) is 0. The number of hydrogen-bond donors (Lipinski definition) is 1. The average Bonchev–Trinajstić information content (AvgIpc) is 2.74. The Morgan fingerprint density at radius 2 is 2.00 bits per heavy atom. The molecular formula is C17H31N3. The number of aromatic nitrogens is 2. The van der Waals surface area contributed by atoms with Crippen molar-refractivity contribution in [3.05, 3.63) is 18.0 Å². The molecule has 0 saturated heterocycles. The second-order valence-electron chi connectivity index (χ2n) is 6.26. The fourth-order valence-corrected chi connectivity index (χ4v) is 3.50. The van der Waals surface area contributed by atoms with Gasteiger partial charge in [-0.1, -0.05) is 45.4 Å². The van der Waals surface area contributed by atoms with E-state index < -0.39 is 0 Å². The lowest BCUT2D eigenvalue weighted by Crippen LogP contribution is -2.33.